The van der Waals surface area contributed by atoms with E-state index in [0.717, 1.165) is 43.2 Å². The highest BCUT2D eigenvalue weighted by Gasteiger charge is 2.20. The van der Waals surface area contributed by atoms with Gasteiger partial charge in [-0.3, -0.25) is 0 Å². The molecule has 0 atom stereocenters. The van der Waals surface area contributed by atoms with Gasteiger partial charge >= 0.3 is 0 Å². The summed E-state index contributed by atoms with van der Waals surface area (Å²) in [6.07, 6.45) is 3.77. The van der Waals surface area contributed by atoms with Crippen LogP contribution in [-0.4, -0.2) is 30.2 Å². The van der Waals surface area contributed by atoms with Crippen LogP contribution in [0.3, 0.4) is 0 Å². The van der Waals surface area contributed by atoms with Gasteiger partial charge in [0.1, 0.15) is 11.5 Å². The van der Waals surface area contributed by atoms with Crippen molar-refractivity contribution in [3.8, 4) is 17.3 Å². The highest BCUT2D eigenvalue weighted by molar-refractivity contribution is 5.53. The minimum absolute atomic E-state index is 0.394. The van der Waals surface area contributed by atoms with Crippen molar-refractivity contribution in [1.82, 2.24) is 15.3 Å². The number of methoxy groups -OCH3 is 1. The first kappa shape index (κ1) is 12.2. The average Bonchev–Trinajstić information content (AvgIpc) is 3.02. The fourth-order valence-electron chi connectivity index (χ4n) is 2.36. The number of rotatable bonds is 3. The van der Waals surface area contributed by atoms with Crippen LogP contribution in [0.15, 0.2) is 28.9 Å². The maximum absolute atomic E-state index is 5.40. The Kier molecular flexibility index (Phi) is 3.46. The number of ether oxygens (including phenoxy) is 1. The van der Waals surface area contributed by atoms with Gasteiger partial charge in [0.25, 0.3) is 0 Å². The largest absolute Gasteiger partial charge is 0.481 e. The van der Waals surface area contributed by atoms with Gasteiger partial charge in [-0.15, -0.1) is 0 Å². The monoisotopic (exact) mass is 259 g/mol. The van der Waals surface area contributed by atoms with Crippen molar-refractivity contribution in [2.45, 2.75) is 18.8 Å². The van der Waals surface area contributed by atoms with Crippen LogP contribution in [-0.2, 0) is 0 Å². The molecule has 0 saturated carbocycles. The molecule has 1 N–H and O–H groups in total. The van der Waals surface area contributed by atoms with E-state index < -0.39 is 0 Å². The van der Waals surface area contributed by atoms with Gasteiger partial charge in [-0.2, -0.15) is 4.98 Å². The summed E-state index contributed by atoms with van der Waals surface area (Å²) >= 11 is 0. The zero-order valence-corrected chi connectivity index (χ0v) is 10.9. The minimum Gasteiger partial charge on any atom is -0.481 e. The first-order valence-electron chi connectivity index (χ1n) is 6.54. The van der Waals surface area contributed by atoms with Crippen molar-refractivity contribution in [2.24, 2.45) is 0 Å². The number of nitrogens with zero attached hydrogens (tertiary/aromatic N) is 2. The van der Waals surface area contributed by atoms with Gasteiger partial charge in [-0.05, 0) is 38.1 Å². The van der Waals surface area contributed by atoms with Crippen molar-refractivity contribution in [3.63, 3.8) is 0 Å². The summed E-state index contributed by atoms with van der Waals surface area (Å²) in [4.78, 5) is 9.12. The quantitative estimate of drug-likeness (QED) is 0.915. The third kappa shape index (κ3) is 2.61. The van der Waals surface area contributed by atoms with Crippen LogP contribution in [0.2, 0.25) is 0 Å². The zero-order chi connectivity index (χ0) is 13.1. The van der Waals surface area contributed by atoms with Crippen molar-refractivity contribution in [1.29, 1.82) is 0 Å². The molecule has 5 nitrogen and oxygen atoms in total. The van der Waals surface area contributed by atoms with Crippen LogP contribution in [0.4, 0.5) is 0 Å². The molecule has 2 aromatic heterocycles. The molecule has 3 rings (SSSR count). The van der Waals surface area contributed by atoms with Gasteiger partial charge in [0, 0.05) is 12.0 Å². The molecule has 0 spiro atoms. The van der Waals surface area contributed by atoms with Crippen LogP contribution in [0, 0.1) is 0 Å². The summed E-state index contributed by atoms with van der Waals surface area (Å²) in [7, 11) is 1.63. The lowest BCUT2D eigenvalue weighted by molar-refractivity contribution is 0.386. The highest BCUT2D eigenvalue weighted by Crippen LogP contribution is 2.27. The van der Waals surface area contributed by atoms with Crippen molar-refractivity contribution in [2.75, 3.05) is 20.2 Å². The van der Waals surface area contributed by atoms with E-state index in [1.54, 1.807) is 13.4 Å². The van der Waals surface area contributed by atoms with Gasteiger partial charge in [0.15, 0.2) is 5.76 Å². The second kappa shape index (κ2) is 5.40. The molecule has 0 bridgehead atoms. The molecule has 3 heterocycles. The smallest absolute Gasteiger partial charge is 0.217 e. The number of piperidine rings is 1. The molecule has 0 radical (unpaired) electrons. The van der Waals surface area contributed by atoms with E-state index in [9.17, 15) is 0 Å². The van der Waals surface area contributed by atoms with Gasteiger partial charge in [-0.1, -0.05) is 0 Å². The summed E-state index contributed by atoms with van der Waals surface area (Å²) in [5.41, 5.74) is 0.783. The molecule has 1 aliphatic rings. The summed E-state index contributed by atoms with van der Waals surface area (Å²) < 4.78 is 10.7. The Labute approximate surface area is 112 Å². The van der Waals surface area contributed by atoms with Gasteiger partial charge in [0.05, 0.1) is 13.4 Å². The SMILES string of the molecule is COc1cc(-c2ccco2)nc(C2CCNCC2)n1. The van der Waals surface area contributed by atoms with E-state index in [2.05, 4.69) is 15.3 Å². The summed E-state index contributed by atoms with van der Waals surface area (Å²) in [6.45, 7) is 2.03. The van der Waals surface area contributed by atoms with E-state index >= 15 is 0 Å². The Hall–Kier alpha value is -1.88. The molecule has 0 aromatic carbocycles. The van der Waals surface area contributed by atoms with E-state index in [4.69, 9.17) is 9.15 Å². The van der Waals surface area contributed by atoms with E-state index in [0.29, 0.717) is 11.8 Å². The minimum atomic E-state index is 0.394. The number of hydrogen-bond donors (Lipinski definition) is 1. The molecule has 2 aromatic rings. The molecule has 1 saturated heterocycles. The number of aromatic nitrogens is 2. The predicted molar refractivity (Wildman–Crippen MR) is 71.1 cm³/mol. The Morgan fingerprint density at radius 3 is 2.84 bits per heavy atom. The normalized spacial score (nSPS) is 16.5. The van der Waals surface area contributed by atoms with E-state index in [1.807, 2.05) is 18.2 Å². The average molecular weight is 259 g/mol. The van der Waals surface area contributed by atoms with Crippen molar-refractivity contribution in [3.05, 3.63) is 30.3 Å². The molecule has 0 amide bonds. The zero-order valence-electron chi connectivity index (χ0n) is 10.9. The Morgan fingerprint density at radius 1 is 1.32 bits per heavy atom. The molecule has 19 heavy (non-hydrogen) atoms. The third-order valence-electron chi connectivity index (χ3n) is 3.41. The molecule has 0 aliphatic carbocycles. The first-order chi connectivity index (χ1) is 9.36. The maximum atomic E-state index is 5.40. The number of furan rings is 1. The summed E-state index contributed by atoms with van der Waals surface area (Å²) in [5, 5.41) is 3.35. The fraction of sp³-hybridized carbons (Fsp3) is 0.429. The summed E-state index contributed by atoms with van der Waals surface area (Å²) in [6, 6.07) is 5.56. The van der Waals surface area contributed by atoms with Crippen LogP contribution >= 0.6 is 0 Å². The highest BCUT2D eigenvalue weighted by atomic mass is 16.5. The van der Waals surface area contributed by atoms with Crippen LogP contribution < -0.4 is 10.1 Å². The topological polar surface area (TPSA) is 60.2 Å². The molecule has 1 aliphatic heterocycles. The van der Waals surface area contributed by atoms with Crippen LogP contribution in [0.1, 0.15) is 24.6 Å². The van der Waals surface area contributed by atoms with Crippen molar-refractivity contribution >= 4 is 0 Å². The van der Waals surface area contributed by atoms with Crippen LogP contribution in [0.25, 0.3) is 11.5 Å². The lowest BCUT2D eigenvalue weighted by atomic mass is 9.97. The molecule has 0 unspecified atom stereocenters. The Balaban J connectivity index is 1.97. The van der Waals surface area contributed by atoms with E-state index in [-0.39, 0.29) is 0 Å². The first-order valence-corrected chi connectivity index (χ1v) is 6.54. The fourth-order valence-corrected chi connectivity index (χ4v) is 2.36. The van der Waals surface area contributed by atoms with Crippen LogP contribution in [0.5, 0.6) is 5.88 Å². The Morgan fingerprint density at radius 2 is 2.16 bits per heavy atom. The van der Waals surface area contributed by atoms with Gasteiger partial charge in [-0.25, -0.2) is 4.98 Å². The number of nitrogens with one attached hydrogen (secondary N) is 1. The van der Waals surface area contributed by atoms with Gasteiger partial charge < -0.3 is 14.5 Å². The Bertz CT molecular complexity index is 534. The van der Waals surface area contributed by atoms with Gasteiger partial charge in [0.2, 0.25) is 5.88 Å². The second-order valence-corrected chi connectivity index (χ2v) is 4.66. The standard InChI is InChI=1S/C14H17N3O2/c1-18-13-9-11(12-3-2-8-19-12)16-14(17-13)10-4-6-15-7-5-10/h2-3,8-10,15H,4-7H2,1H3. The third-order valence-corrected chi connectivity index (χ3v) is 3.41. The second-order valence-electron chi connectivity index (χ2n) is 4.66. The van der Waals surface area contributed by atoms with E-state index in [1.165, 1.54) is 0 Å². The predicted octanol–water partition coefficient (Wildman–Crippen LogP) is 2.21. The lowest BCUT2D eigenvalue weighted by Crippen LogP contribution is -2.27. The molecule has 1 fully saturated rings. The lowest BCUT2D eigenvalue weighted by Gasteiger charge is -2.21. The maximum Gasteiger partial charge on any atom is 0.217 e. The molecular weight excluding hydrogens is 242 g/mol. The van der Waals surface area contributed by atoms with Crippen molar-refractivity contribution < 1.29 is 9.15 Å². The molecular formula is C14H17N3O2. The number of hydrogen-bond acceptors (Lipinski definition) is 5. The summed E-state index contributed by atoms with van der Waals surface area (Å²) in [5.74, 6) is 2.59. The molecule has 100 valence electrons. The molecule has 5 heteroatoms.